The van der Waals surface area contributed by atoms with Crippen LogP contribution < -0.4 is 15.4 Å². The minimum Gasteiger partial charge on any atom is -0.484 e. The second-order valence-corrected chi connectivity index (χ2v) is 4.95. The number of nitrogens with one attached hydrogen (secondary N) is 2. The van der Waals surface area contributed by atoms with Gasteiger partial charge in [-0.2, -0.15) is 0 Å². The van der Waals surface area contributed by atoms with E-state index in [1.165, 1.54) is 5.56 Å². The Morgan fingerprint density at radius 3 is 2.58 bits per heavy atom. The van der Waals surface area contributed by atoms with Crippen molar-refractivity contribution >= 4 is 5.91 Å². The summed E-state index contributed by atoms with van der Waals surface area (Å²) in [6, 6.07) is 8.67. The average Bonchev–Trinajstić information content (AvgIpc) is 3.23. The van der Waals surface area contributed by atoms with E-state index in [2.05, 4.69) is 17.6 Å². The number of carbonyl (C=O) groups is 1. The normalized spacial score (nSPS) is 15.9. The molecule has 1 aromatic rings. The summed E-state index contributed by atoms with van der Waals surface area (Å²) in [6.07, 6.45) is 3.24. The van der Waals surface area contributed by atoms with Crippen molar-refractivity contribution in [2.45, 2.75) is 38.3 Å². The van der Waals surface area contributed by atoms with E-state index >= 15 is 0 Å². The Balaban J connectivity index is 1.82. The molecule has 1 aromatic carbocycles. The van der Waals surface area contributed by atoms with Crippen LogP contribution in [-0.4, -0.2) is 25.6 Å². The molecule has 1 fully saturated rings. The van der Waals surface area contributed by atoms with Crippen molar-refractivity contribution in [2.75, 3.05) is 13.7 Å². The molecule has 1 unspecified atom stereocenters. The molecule has 1 atom stereocenters. The number of benzene rings is 1. The Hall–Kier alpha value is -1.55. The first-order chi connectivity index (χ1) is 9.22. The van der Waals surface area contributed by atoms with Gasteiger partial charge in [-0.1, -0.05) is 19.1 Å². The molecule has 4 nitrogen and oxygen atoms in total. The maximum atomic E-state index is 11.5. The number of amides is 1. The van der Waals surface area contributed by atoms with Gasteiger partial charge in [0.05, 0.1) is 0 Å². The maximum absolute atomic E-state index is 11.5. The van der Waals surface area contributed by atoms with Gasteiger partial charge in [0, 0.05) is 12.1 Å². The SMILES string of the molecule is CCC(NC)c1ccc(OCC(=O)NC2CC2)cc1. The molecule has 0 spiro atoms. The third kappa shape index (κ3) is 4.24. The van der Waals surface area contributed by atoms with E-state index in [0.29, 0.717) is 12.1 Å². The fraction of sp³-hybridized carbons (Fsp3) is 0.533. The summed E-state index contributed by atoms with van der Waals surface area (Å²) >= 11 is 0. The first-order valence-electron chi connectivity index (χ1n) is 6.92. The molecule has 104 valence electrons. The van der Waals surface area contributed by atoms with Gasteiger partial charge in [0.15, 0.2) is 6.61 Å². The Morgan fingerprint density at radius 1 is 1.37 bits per heavy atom. The second-order valence-electron chi connectivity index (χ2n) is 4.95. The molecule has 0 aliphatic heterocycles. The van der Waals surface area contributed by atoms with Crippen LogP contribution in [0.15, 0.2) is 24.3 Å². The van der Waals surface area contributed by atoms with Gasteiger partial charge in [0.1, 0.15) is 5.75 Å². The van der Waals surface area contributed by atoms with E-state index in [-0.39, 0.29) is 12.5 Å². The fourth-order valence-corrected chi connectivity index (χ4v) is 2.05. The average molecular weight is 262 g/mol. The molecule has 0 aromatic heterocycles. The Labute approximate surface area is 114 Å². The quantitative estimate of drug-likeness (QED) is 0.790. The lowest BCUT2D eigenvalue weighted by Crippen LogP contribution is -2.30. The van der Waals surface area contributed by atoms with Crippen molar-refractivity contribution in [2.24, 2.45) is 0 Å². The molecular weight excluding hydrogens is 240 g/mol. The highest BCUT2D eigenvalue weighted by Crippen LogP contribution is 2.20. The maximum Gasteiger partial charge on any atom is 0.258 e. The lowest BCUT2D eigenvalue weighted by Gasteiger charge is -2.14. The molecule has 19 heavy (non-hydrogen) atoms. The van der Waals surface area contributed by atoms with Crippen molar-refractivity contribution in [1.82, 2.24) is 10.6 Å². The highest BCUT2D eigenvalue weighted by Gasteiger charge is 2.23. The summed E-state index contributed by atoms with van der Waals surface area (Å²) < 4.78 is 5.47. The van der Waals surface area contributed by atoms with E-state index in [1.807, 2.05) is 31.3 Å². The predicted octanol–water partition coefficient (Wildman–Crippen LogP) is 2.01. The van der Waals surface area contributed by atoms with Gasteiger partial charge < -0.3 is 15.4 Å². The van der Waals surface area contributed by atoms with Gasteiger partial charge in [-0.15, -0.1) is 0 Å². The zero-order valence-corrected chi connectivity index (χ0v) is 11.6. The van der Waals surface area contributed by atoms with Crippen LogP contribution in [0, 0.1) is 0 Å². The lowest BCUT2D eigenvalue weighted by molar-refractivity contribution is -0.123. The zero-order chi connectivity index (χ0) is 13.7. The molecule has 1 aliphatic carbocycles. The van der Waals surface area contributed by atoms with Gasteiger partial charge in [-0.25, -0.2) is 0 Å². The lowest BCUT2D eigenvalue weighted by atomic mass is 10.1. The third-order valence-corrected chi connectivity index (χ3v) is 3.35. The van der Waals surface area contributed by atoms with E-state index in [0.717, 1.165) is 25.0 Å². The Bertz CT molecular complexity index is 409. The molecule has 1 aliphatic rings. The van der Waals surface area contributed by atoms with Crippen LogP contribution in [0.1, 0.15) is 37.8 Å². The van der Waals surface area contributed by atoms with Crippen LogP contribution in [-0.2, 0) is 4.79 Å². The van der Waals surface area contributed by atoms with Gasteiger partial charge in [0.2, 0.25) is 0 Å². The Kier molecular flexibility index (Phi) is 4.80. The molecule has 0 heterocycles. The van der Waals surface area contributed by atoms with E-state index in [1.54, 1.807) is 0 Å². The summed E-state index contributed by atoms with van der Waals surface area (Å²) in [4.78, 5) is 11.5. The summed E-state index contributed by atoms with van der Waals surface area (Å²) in [5.74, 6) is 0.703. The molecule has 0 bridgehead atoms. The summed E-state index contributed by atoms with van der Waals surface area (Å²) in [6.45, 7) is 2.24. The van der Waals surface area contributed by atoms with Crippen molar-refractivity contribution in [1.29, 1.82) is 0 Å². The number of ether oxygens (including phenoxy) is 1. The highest BCUT2D eigenvalue weighted by molar-refractivity contribution is 5.78. The standard InChI is InChI=1S/C15H22N2O2/c1-3-14(16-2)11-4-8-13(9-5-11)19-10-15(18)17-12-6-7-12/h4-5,8-9,12,14,16H,3,6-7,10H2,1-2H3,(H,17,18). The van der Waals surface area contributed by atoms with E-state index < -0.39 is 0 Å². The highest BCUT2D eigenvalue weighted by atomic mass is 16.5. The van der Waals surface area contributed by atoms with Gasteiger partial charge in [0.25, 0.3) is 5.91 Å². The van der Waals surface area contributed by atoms with Crippen LogP contribution >= 0.6 is 0 Å². The smallest absolute Gasteiger partial charge is 0.258 e. The zero-order valence-electron chi connectivity index (χ0n) is 11.6. The molecule has 0 saturated heterocycles. The topological polar surface area (TPSA) is 50.4 Å². The van der Waals surface area contributed by atoms with Crippen molar-refractivity contribution in [3.8, 4) is 5.75 Å². The van der Waals surface area contributed by atoms with Crippen LogP contribution in [0.5, 0.6) is 5.75 Å². The van der Waals surface area contributed by atoms with Crippen LogP contribution in [0.4, 0.5) is 0 Å². The van der Waals surface area contributed by atoms with Crippen LogP contribution in [0.2, 0.25) is 0 Å². The van der Waals surface area contributed by atoms with Gasteiger partial charge >= 0.3 is 0 Å². The monoisotopic (exact) mass is 262 g/mol. The largest absolute Gasteiger partial charge is 0.484 e. The summed E-state index contributed by atoms with van der Waals surface area (Å²) in [5, 5.41) is 6.16. The van der Waals surface area contributed by atoms with Crippen molar-refractivity contribution < 1.29 is 9.53 Å². The van der Waals surface area contributed by atoms with Crippen molar-refractivity contribution in [3.63, 3.8) is 0 Å². The second kappa shape index (κ2) is 6.57. The van der Waals surface area contributed by atoms with E-state index in [9.17, 15) is 4.79 Å². The first kappa shape index (κ1) is 13.9. The molecule has 1 saturated carbocycles. The number of rotatable bonds is 7. The number of carbonyl (C=O) groups excluding carboxylic acids is 1. The van der Waals surface area contributed by atoms with Gasteiger partial charge in [-0.3, -0.25) is 4.79 Å². The molecule has 2 N–H and O–H groups in total. The molecule has 1 amide bonds. The molecule has 4 heteroatoms. The minimum atomic E-state index is -0.0340. The first-order valence-corrected chi connectivity index (χ1v) is 6.92. The third-order valence-electron chi connectivity index (χ3n) is 3.35. The number of hydrogen-bond acceptors (Lipinski definition) is 3. The summed E-state index contributed by atoms with van der Waals surface area (Å²) in [7, 11) is 1.96. The van der Waals surface area contributed by atoms with Crippen molar-refractivity contribution in [3.05, 3.63) is 29.8 Å². The van der Waals surface area contributed by atoms with Crippen LogP contribution in [0.25, 0.3) is 0 Å². The molecule has 2 rings (SSSR count). The Morgan fingerprint density at radius 2 is 2.05 bits per heavy atom. The van der Waals surface area contributed by atoms with Crippen LogP contribution in [0.3, 0.4) is 0 Å². The number of hydrogen-bond donors (Lipinski definition) is 2. The van der Waals surface area contributed by atoms with Gasteiger partial charge in [-0.05, 0) is 44.0 Å². The minimum absolute atomic E-state index is 0.0340. The fourth-order valence-electron chi connectivity index (χ4n) is 2.05. The van der Waals surface area contributed by atoms with E-state index in [4.69, 9.17) is 4.74 Å². The summed E-state index contributed by atoms with van der Waals surface area (Å²) in [5.41, 5.74) is 1.24. The molecular formula is C15H22N2O2. The molecule has 0 radical (unpaired) electrons. The predicted molar refractivity (Wildman–Crippen MR) is 75.2 cm³/mol.